The molecule has 0 bridgehead atoms. The molecule has 0 saturated heterocycles. The van der Waals surface area contributed by atoms with Crippen LogP contribution >= 0.6 is 0 Å². The number of nitrogens with zero attached hydrogens (tertiary/aromatic N) is 2. The van der Waals surface area contributed by atoms with Gasteiger partial charge in [-0.2, -0.15) is 0 Å². The lowest BCUT2D eigenvalue weighted by Gasteiger charge is -2.31. The average Bonchev–Trinajstić information content (AvgIpc) is 3.68. The first-order valence-electron chi connectivity index (χ1n) is 18.4. The minimum absolute atomic E-state index is 0.142. The number of para-hydroxylation sites is 1. The van der Waals surface area contributed by atoms with Gasteiger partial charge in [0.25, 0.3) is 0 Å². The highest BCUT2D eigenvalue weighted by Crippen LogP contribution is 2.55. The van der Waals surface area contributed by atoms with Gasteiger partial charge >= 0.3 is 0 Å². The molecule has 0 amide bonds. The first kappa shape index (κ1) is 30.7. The van der Waals surface area contributed by atoms with E-state index >= 15 is 0 Å². The predicted octanol–water partition coefficient (Wildman–Crippen LogP) is 13.1. The molecule has 0 saturated carbocycles. The largest absolute Gasteiger partial charge is 0.374 e. The first-order valence-corrected chi connectivity index (χ1v) is 18.4. The summed E-state index contributed by atoms with van der Waals surface area (Å²) in [6.45, 7) is 5.80. The van der Waals surface area contributed by atoms with Crippen molar-refractivity contribution in [2.75, 3.05) is 23.4 Å². The number of fused-ring (bicyclic) bond motifs is 7. The topological polar surface area (TPSA) is 6.48 Å². The van der Waals surface area contributed by atoms with Crippen LogP contribution < -0.4 is 9.80 Å². The quantitative estimate of drug-likeness (QED) is 0.168. The van der Waals surface area contributed by atoms with Gasteiger partial charge in [-0.05, 0) is 103 Å². The zero-order valence-corrected chi connectivity index (χ0v) is 29.9. The van der Waals surface area contributed by atoms with Gasteiger partial charge in [0.05, 0.1) is 5.69 Å². The molecule has 0 fully saturated rings. The van der Waals surface area contributed by atoms with E-state index in [2.05, 4.69) is 194 Å². The highest BCUT2D eigenvalue weighted by atomic mass is 15.2. The van der Waals surface area contributed by atoms with E-state index in [-0.39, 0.29) is 5.41 Å². The molecule has 0 radical (unpaired) electrons. The van der Waals surface area contributed by atoms with Crippen LogP contribution in [0.15, 0.2) is 164 Å². The molecule has 2 nitrogen and oxygen atoms in total. The molecule has 8 aromatic rings. The SMILES string of the molecule is CN1CCc2cccc(-c3cc4c(cc3N(c3ccc(-c5ccccc5)cc3)c3ccc5ccc6ccccc6c5c3)C(C)(C)c3ccccc3-4)c21. The fourth-order valence-electron chi connectivity index (χ4n) is 8.99. The van der Waals surface area contributed by atoms with Crippen LogP contribution in [-0.4, -0.2) is 13.6 Å². The lowest BCUT2D eigenvalue weighted by atomic mass is 9.81. The number of hydrogen-bond donors (Lipinski definition) is 0. The Balaban J connectivity index is 1.28. The van der Waals surface area contributed by atoms with Crippen molar-refractivity contribution in [3.8, 4) is 33.4 Å². The number of benzene rings is 8. The molecule has 0 unspecified atom stereocenters. The van der Waals surface area contributed by atoms with E-state index in [1.54, 1.807) is 0 Å². The Bertz CT molecular complexity index is 2670. The second-order valence-corrected chi connectivity index (χ2v) is 15.0. The van der Waals surface area contributed by atoms with E-state index in [1.807, 2.05) is 0 Å². The predicted molar refractivity (Wildman–Crippen MR) is 222 cm³/mol. The van der Waals surface area contributed by atoms with E-state index < -0.39 is 0 Å². The highest BCUT2D eigenvalue weighted by molar-refractivity contribution is 6.09. The number of hydrogen-bond acceptors (Lipinski definition) is 2. The minimum atomic E-state index is -0.142. The van der Waals surface area contributed by atoms with Crippen LogP contribution in [0.25, 0.3) is 54.9 Å². The molecule has 0 N–H and O–H groups in total. The molecule has 10 rings (SSSR count). The van der Waals surface area contributed by atoms with Gasteiger partial charge in [0.1, 0.15) is 0 Å². The maximum Gasteiger partial charge on any atom is 0.0544 e. The monoisotopic (exact) mass is 668 g/mol. The highest BCUT2D eigenvalue weighted by Gasteiger charge is 2.37. The summed E-state index contributed by atoms with van der Waals surface area (Å²) in [5.41, 5.74) is 16.5. The lowest BCUT2D eigenvalue weighted by molar-refractivity contribution is 0.660. The second kappa shape index (κ2) is 11.7. The van der Waals surface area contributed by atoms with E-state index in [1.165, 1.54) is 83.0 Å². The number of rotatable bonds is 5. The summed E-state index contributed by atoms with van der Waals surface area (Å²) < 4.78 is 0. The Morgan fingerprint density at radius 1 is 0.500 bits per heavy atom. The van der Waals surface area contributed by atoms with Crippen LogP contribution in [0, 0.1) is 0 Å². The van der Waals surface area contributed by atoms with Crippen LogP contribution in [0.5, 0.6) is 0 Å². The van der Waals surface area contributed by atoms with Gasteiger partial charge in [0.15, 0.2) is 0 Å². The van der Waals surface area contributed by atoms with Crippen molar-refractivity contribution in [2.45, 2.75) is 25.7 Å². The Morgan fingerprint density at radius 3 is 2.02 bits per heavy atom. The van der Waals surface area contributed by atoms with Crippen LogP contribution in [0.3, 0.4) is 0 Å². The molecule has 1 heterocycles. The summed E-state index contributed by atoms with van der Waals surface area (Å²) in [7, 11) is 2.25. The number of anilines is 4. The Kier molecular flexibility index (Phi) is 6.91. The molecule has 52 heavy (non-hydrogen) atoms. The zero-order chi connectivity index (χ0) is 35.0. The fraction of sp³-hybridized carbons (Fsp3) is 0.120. The summed E-state index contributed by atoms with van der Waals surface area (Å²) in [4.78, 5) is 4.96. The van der Waals surface area contributed by atoms with Crippen molar-refractivity contribution >= 4 is 44.3 Å². The van der Waals surface area contributed by atoms with Gasteiger partial charge in [-0.25, -0.2) is 0 Å². The van der Waals surface area contributed by atoms with Gasteiger partial charge in [0.2, 0.25) is 0 Å². The van der Waals surface area contributed by atoms with Crippen LogP contribution in [0.4, 0.5) is 22.7 Å². The third-order valence-electron chi connectivity index (χ3n) is 11.7. The van der Waals surface area contributed by atoms with Crippen molar-refractivity contribution in [1.82, 2.24) is 0 Å². The first-order chi connectivity index (χ1) is 25.5. The molecule has 0 atom stereocenters. The molecule has 0 aromatic heterocycles. The molecule has 250 valence electrons. The van der Waals surface area contributed by atoms with Gasteiger partial charge in [-0.1, -0.05) is 141 Å². The van der Waals surface area contributed by atoms with Gasteiger partial charge < -0.3 is 9.80 Å². The molecular formula is C50H40N2. The number of likely N-dealkylation sites (N-methyl/N-ethyl adjacent to an activating group) is 1. The van der Waals surface area contributed by atoms with Crippen LogP contribution in [0.2, 0.25) is 0 Å². The molecule has 2 heteroatoms. The molecule has 1 aliphatic heterocycles. The lowest BCUT2D eigenvalue weighted by Crippen LogP contribution is -2.18. The third kappa shape index (κ3) is 4.71. The van der Waals surface area contributed by atoms with Crippen LogP contribution in [-0.2, 0) is 11.8 Å². The Labute approximate surface area is 306 Å². The zero-order valence-electron chi connectivity index (χ0n) is 29.9. The standard InChI is InChI=1S/C50H40N2/c1-50(2)46-19-10-9-17-41(46)44-31-45(42-18-11-15-37-28-29-51(3)49(37)42)48(32-47(44)50)52(38-25-22-34(23-26-38)33-12-5-4-6-13-33)39-27-24-36-21-20-35-14-7-8-16-40(35)43(36)30-39/h4-27,30-32H,28-29H2,1-3H3. The van der Waals surface area contributed by atoms with E-state index in [4.69, 9.17) is 0 Å². The van der Waals surface area contributed by atoms with Gasteiger partial charge in [0, 0.05) is 47.2 Å². The summed E-state index contributed by atoms with van der Waals surface area (Å²) >= 11 is 0. The maximum atomic E-state index is 2.51. The molecular weight excluding hydrogens is 629 g/mol. The fourth-order valence-corrected chi connectivity index (χ4v) is 8.99. The maximum absolute atomic E-state index is 2.51. The van der Waals surface area contributed by atoms with Crippen molar-refractivity contribution in [3.63, 3.8) is 0 Å². The Morgan fingerprint density at radius 2 is 1.17 bits per heavy atom. The summed E-state index contributed by atoms with van der Waals surface area (Å²) in [6.07, 6.45) is 1.07. The second-order valence-electron chi connectivity index (χ2n) is 15.0. The summed E-state index contributed by atoms with van der Waals surface area (Å²) in [5, 5.41) is 5.04. The third-order valence-corrected chi connectivity index (χ3v) is 11.7. The molecule has 2 aliphatic rings. The van der Waals surface area contributed by atoms with Crippen molar-refractivity contribution in [2.24, 2.45) is 0 Å². The van der Waals surface area contributed by atoms with Gasteiger partial charge in [-0.15, -0.1) is 0 Å². The van der Waals surface area contributed by atoms with E-state index in [0.717, 1.165) is 24.3 Å². The minimum Gasteiger partial charge on any atom is -0.374 e. The molecule has 8 aromatic carbocycles. The van der Waals surface area contributed by atoms with Crippen molar-refractivity contribution in [3.05, 3.63) is 180 Å². The molecule has 0 spiro atoms. The van der Waals surface area contributed by atoms with E-state index in [9.17, 15) is 0 Å². The van der Waals surface area contributed by atoms with E-state index in [0.29, 0.717) is 0 Å². The Hall–Kier alpha value is -6.12. The van der Waals surface area contributed by atoms with Crippen molar-refractivity contribution in [1.29, 1.82) is 0 Å². The normalized spacial score (nSPS) is 14.0. The smallest absolute Gasteiger partial charge is 0.0544 e. The molecule has 1 aliphatic carbocycles. The van der Waals surface area contributed by atoms with Crippen molar-refractivity contribution < 1.29 is 0 Å². The van der Waals surface area contributed by atoms with Gasteiger partial charge in [-0.3, -0.25) is 0 Å². The summed E-state index contributed by atoms with van der Waals surface area (Å²) in [5.74, 6) is 0. The summed E-state index contributed by atoms with van der Waals surface area (Å²) in [6, 6.07) is 61.0. The van der Waals surface area contributed by atoms with Crippen LogP contribution in [0.1, 0.15) is 30.5 Å². The average molecular weight is 669 g/mol.